The molecule has 0 aliphatic carbocycles. The maximum atomic E-state index is 6.04. The van der Waals surface area contributed by atoms with E-state index in [9.17, 15) is 0 Å². The van der Waals surface area contributed by atoms with Crippen LogP contribution < -0.4 is 5.73 Å². The quantitative estimate of drug-likeness (QED) is 0.848. The van der Waals surface area contributed by atoms with Gasteiger partial charge >= 0.3 is 0 Å². The average Bonchev–Trinajstić information content (AvgIpc) is 2.40. The fraction of sp³-hybridized carbons (Fsp3) is 0.600. The third-order valence-corrected chi connectivity index (χ3v) is 4.73. The molecule has 1 heterocycles. The lowest BCUT2D eigenvalue weighted by molar-refractivity contribution is 0.173. The highest BCUT2D eigenvalue weighted by Gasteiger charge is 2.22. The van der Waals surface area contributed by atoms with Crippen LogP contribution in [0.3, 0.4) is 0 Å². The molecule has 2 rings (SSSR count). The second-order valence-electron chi connectivity index (χ2n) is 5.27. The number of thioether (sulfide) groups is 1. The minimum atomic E-state index is 0. The zero-order chi connectivity index (χ0) is 12.8. The predicted octanol–water partition coefficient (Wildman–Crippen LogP) is 3.01. The van der Waals surface area contributed by atoms with Crippen LogP contribution in [-0.4, -0.2) is 36.3 Å². The lowest BCUT2D eigenvalue weighted by Gasteiger charge is -2.34. The first-order valence-electron chi connectivity index (χ1n) is 6.85. The summed E-state index contributed by atoms with van der Waals surface area (Å²) in [6.07, 6.45) is 1.16. The molecule has 19 heavy (non-hydrogen) atoms. The van der Waals surface area contributed by atoms with Gasteiger partial charge < -0.3 is 10.6 Å². The summed E-state index contributed by atoms with van der Waals surface area (Å²) in [4.78, 5) is 2.56. The second-order valence-corrected chi connectivity index (χ2v) is 6.37. The van der Waals surface area contributed by atoms with Gasteiger partial charge in [-0.2, -0.15) is 11.8 Å². The van der Waals surface area contributed by atoms with Crippen LogP contribution in [0.1, 0.15) is 18.9 Å². The van der Waals surface area contributed by atoms with Crippen LogP contribution in [0.2, 0.25) is 0 Å². The van der Waals surface area contributed by atoms with Gasteiger partial charge in [0.05, 0.1) is 0 Å². The maximum Gasteiger partial charge on any atom is 0.0185 e. The molecule has 0 radical (unpaired) electrons. The maximum absolute atomic E-state index is 6.04. The smallest absolute Gasteiger partial charge is 0.0185 e. The molecule has 4 heteroatoms. The Morgan fingerprint density at radius 3 is 2.74 bits per heavy atom. The summed E-state index contributed by atoms with van der Waals surface area (Å²) >= 11 is 2.03. The summed E-state index contributed by atoms with van der Waals surface area (Å²) in [5.41, 5.74) is 7.47. The Hall–Kier alpha value is -0.220. The van der Waals surface area contributed by atoms with Gasteiger partial charge in [0, 0.05) is 30.6 Å². The van der Waals surface area contributed by atoms with Crippen LogP contribution in [0.15, 0.2) is 30.3 Å². The van der Waals surface area contributed by atoms with E-state index in [4.69, 9.17) is 5.73 Å². The summed E-state index contributed by atoms with van der Waals surface area (Å²) in [7, 11) is 0. The molecule has 1 aromatic carbocycles. The van der Waals surface area contributed by atoms with Crippen LogP contribution in [-0.2, 0) is 5.75 Å². The molecule has 2 unspecified atom stereocenters. The average molecular weight is 301 g/mol. The van der Waals surface area contributed by atoms with Crippen molar-refractivity contribution >= 4 is 24.2 Å². The molecule has 0 spiro atoms. The van der Waals surface area contributed by atoms with Crippen molar-refractivity contribution in [3.63, 3.8) is 0 Å². The molecule has 1 aliphatic rings. The summed E-state index contributed by atoms with van der Waals surface area (Å²) in [5.74, 6) is 3.00. The van der Waals surface area contributed by atoms with E-state index in [2.05, 4.69) is 42.2 Å². The Labute approximate surface area is 127 Å². The minimum Gasteiger partial charge on any atom is -0.327 e. The first kappa shape index (κ1) is 16.8. The van der Waals surface area contributed by atoms with Crippen molar-refractivity contribution in [1.29, 1.82) is 0 Å². The molecule has 0 bridgehead atoms. The number of piperidine rings is 1. The summed E-state index contributed by atoms with van der Waals surface area (Å²) in [5, 5.41) is 0. The molecular formula is C15H25ClN2S. The molecule has 2 N–H and O–H groups in total. The Bertz CT molecular complexity index is 347. The van der Waals surface area contributed by atoms with E-state index in [-0.39, 0.29) is 12.4 Å². The Balaban J connectivity index is 0.00000180. The van der Waals surface area contributed by atoms with Gasteiger partial charge in [-0.3, -0.25) is 0 Å². The molecule has 1 saturated heterocycles. The van der Waals surface area contributed by atoms with Crippen LogP contribution in [0.5, 0.6) is 0 Å². The normalized spacial score (nSPS) is 23.9. The Kier molecular flexibility index (Phi) is 7.84. The molecule has 2 nitrogen and oxygen atoms in total. The number of halogens is 1. The summed E-state index contributed by atoms with van der Waals surface area (Å²) < 4.78 is 0. The van der Waals surface area contributed by atoms with Gasteiger partial charge in [0.1, 0.15) is 0 Å². The zero-order valence-corrected chi connectivity index (χ0v) is 13.3. The van der Waals surface area contributed by atoms with Crippen LogP contribution >= 0.6 is 24.2 Å². The minimum absolute atomic E-state index is 0. The number of likely N-dealkylation sites (tertiary alicyclic amines) is 1. The monoisotopic (exact) mass is 300 g/mol. The number of benzene rings is 1. The van der Waals surface area contributed by atoms with Gasteiger partial charge in [-0.1, -0.05) is 37.3 Å². The summed E-state index contributed by atoms with van der Waals surface area (Å²) in [6, 6.07) is 11.1. The molecule has 108 valence electrons. The lowest BCUT2D eigenvalue weighted by atomic mass is 9.95. The van der Waals surface area contributed by atoms with Crippen molar-refractivity contribution < 1.29 is 0 Å². The Morgan fingerprint density at radius 1 is 1.32 bits per heavy atom. The first-order valence-corrected chi connectivity index (χ1v) is 8.01. The van der Waals surface area contributed by atoms with E-state index in [1.807, 2.05) is 11.8 Å². The lowest BCUT2D eigenvalue weighted by Crippen LogP contribution is -2.46. The van der Waals surface area contributed by atoms with Gasteiger partial charge in [0.15, 0.2) is 0 Å². The van der Waals surface area contributed by atoms with E-state index >= 15 is 0 Å². The third-order valence-electron chi connectivity index (χ3n) is 3.72. The number of nitrogens with zero attached hydrogens (tertiary/aromatic N) is 1. The molecule has 1 aromatic rings. The molecule has 0 saturated carbocycles. The van der Waals surface area contributed by atoms with Gasteiger partial charge in [-0.15, -0.1) is 12.4 Å². The van der Waals surface area contributed by atoms with Crippen molar-refractivity contribution in [3.05, 3.63) is 35.9 Å². The molecule has 2 atom stereocenters. The van der Waals surface area contributed by atoms with E-state index in [1.54, 1.807) is 0 Å². The Morgan fingerprint density at radius 2 is 2.05 bits per heavy atom. The molecule has 1 fully saturated rings. The predicted molar refractivity (Wildman–Crippen MR) is 88.0 cm³/mol. The third kappa shape index (κ3) is 5.74. The van der Waals surface area contributed by atoms with E-state index < -0.39 is 0 Å². The number of rotatable bonds is 5. The summed E-state index contributed by atoms with van der Waals surface area (Å²) in [6.45, 7) is 5.83. The van der Waals surface area contributed by atoms with Crippen molar-refractivity contribution in [2.75, 3.05) is 25.4 Å². The molecule has 0 amide bonds. The zero-order valence-electron chi connectivity index (χ0n) is 11.6. The van der Waals surface area contributed by atoms with E-state index in [0.29, 0.717) is 12.0 Å². The van der Waals surface area contributed by atoms with Crippen molar-refractivity contribution in [2.45, 2.75) is 25.1 Å². The van der Waals surface area contributed by atoms with Gasteiger partial charge in [-0.05, 0) is 24.4 Å². The van der Waals surface area contributed by atoms with Crippen LogP contribution in [0.4, 0.5) is 0 Å². The van der Waals surface area contributed by atoms with Crippen LogP contribution in [0.25, 0.3) is 0 Å². The van der Waals surface area contributed by atoms with Crippen molar-refractivity contribution in [2.24, 2.45) is 11.7 Å². The topological polar surface area (TPSA) is 29.3 Å². The SMILES string of the molecule is CC1CN(CCSCc2ccccc2)CCC1N.Cl. The second kappa shape index (κ2) is 8.85. The van der Waals surface area contributed by atoms with Gasteiger partial charge in [0.25, 0.3) is 0 Å². The highest BCUT2D eigenvalue weighted by molar-refractivity contribution is 7.98. The number of hydrogen-bond donors (Lipinski definition) is 1. The van der Waals surface area contributed by atoms with E-state index in [0.717, 1.165) is 12.2 Å². The fourth-order valence-corrected chi connectivity index (χ4v) is 3.37. The molecular weight excluding hydrogens is 276 g/mol. The van der Waals surface area contributed by atoms with E-state index in [1.165, 1.54) is 31.0 Å². The molecule has 0 aromatic heterocycles. The van der Waals surface area contributed by atoms with Crippen LogP contribution in [0, 0.1) is 5.92 Å². The number of hydrogen-bond acceptors (Lipinski definition) is 3. The van der Waals surface area contributed by atoms with Gasteiger partial charge in [-0.25, -0.2) is 0 Å². The fourth-order valence-electron chi connectivity index (χ4n) is 2.41. The van der Waals surface area contributed by atoms with Gasteiger partial charge in [0.2, 0.25) is 0 Å². The molecule has 1 aliphatic heterocycles. The highest BCUT2D eigenvalue weighted by atomic mass is 35.5. The van der Waals surface area contributed by atoms with Crippen molar-refractivity contribution in [3.8, 4) is 0 Å². The highest BCUT2D eigenvalue weighted by Crippen LogP contribution is 2.16. The largest absolute Gasteiger partial charge is 0.327 e. The first-order chi connectivity index (χ1) is 8.75. The number of nitrogens with two attached hydrogens (primary N) is 1. The van der Waals surface area contributed by atoms with Crippen molar-refractivity contribution in [1.82, 2.24) is 4.90 Å². The standard InChI is InChI=1S/C15H24N2S.ClH/c1-13-11-17(8-7-15(13)16)9-10-18-12-14-5-3-2-4-6-14;/h2-6,13,15H,7-12,16H2,1H3;1H.